The van der Waals surface area contributed by atoms with Gasteiger partial charge in [-0.25, -0.2) is 4.79 Å². The van der Waals surface area contributed by atoms with Crippen LogP contribution in [0.5, 0.6) is 0 Å². The second kappa shape index (κ2) is 9.53. The van der Waals surface area contributed by atoms with Crippen LogP contribution in [0.3, 0.4) is 0 Å². The SMILES string of the molecule is CN1CC(=O)N(c2ccccc2)CC12CCN(C(=O)c1ccnnc1)C2.O=C(O)C(F)(F)F. The molecule has 1 aromatic heterocycles. The van der Waals surface area contributed by atoms with E-state index in [1.165, 1.54) is 12.4 Å². The molecule has 4 rings (SSSR count). The zero-order valence-corrected chi connectivity index (χ0v) is 17.7. The molecule has 1 atom stereocenters. The smallest absolute Gasteiger partial charge is 0.475 e. The van der Waals surface area contributed by atoms with Gasteiger partial charge in [-0.15, -0.1) is 0 Å². The van der Waals surface area contributed by atoms with Crippen molar-refractivity contribution in [2.75, 3.05) is 38.1 Å². The van der Waals surface area contributed by atoms with Crippen LogP contribution in [-0.2, 0) is 9.59 Å². The van der Waals surface area contributed by atoms with Crippen LogP contribution in [-0.4, -0.2) is 87.8 Å². The zero-order chi connectivity index (χ0) is 24.2. The van der Waals surface area contributed by atoms with Crippen LogP contribution in [0.2, 0.25) is 0 Å². The number of carbonyl (C=O) groups is 3. The number of para-hydroxylation sites is 1. The number of likely N-dealkylation sites (N-methyl/N-ethyl adjacent to an activating group) is 1. The fourth-order valence-electron chi connectivity index (χ4n) is 3.87. The van der Waals surface area contributed by atoms with Crippen LogP contribution in [0.1, 0.15) is 16.8 Å². The molecule has 2 aliphatic heterocycles. The van der Waals surface area contributed by atoms with Crippen LogP contribution in [0.4, 0.5) is 18.9 Å². The van der Waals surface area contributed by atoms with E-state index in [4.69, 9.17) is 9.90 Å². The molecule has 2 aromatic rings. The molecule has 0 radical (unpaired) electrons. The summed E-state index contributed by atoms with van der Waals surface area (Å²) in [5.41, 5.74) is 1.24. The van der Waals surface area contributed by atoms with Crippen LogP contribution in [0.25, 0.3) is 0 Å². The average molecular weight is 465 g/mol. The largest absolute Gasteiger partial charge is 0.490 e. The number of nitrogens with zero attached hydrogens (tertiary/aromatic N) is 5. The van der Waals surface area contributed by atoms with Crippen molar-refractivity contribution in [1.82, 2.24) is 20.0 Å². The number of piperazine rings is 1. The lowest BCUT2D eigenvalue weighted by atomic mass is 9.92. The summed E-state index contributed by atoms with van der Waals surface area (Å²) < 4.78 is 31.7. The topological polar surface area (TPSA) is 107 Å². The number of halogens is 3. The Balaban J connectivity index is 0.000000383. The molecule has 33 heavy (non-hydrogen) atoms. The van der Waals surface area contributed by atoms with Gasteiger partial charge in [-0.1, -0.05) is 18.2 Å². The van der Waals surface area contributed by atoms with Gasteiger partial charge in [-0.2, -0.15) is 23.4 Å². The molecular formula is C21H22F3N5O4. The van der Waals surface area contributed by atoms with Gasteiger partial charge in [-0.3, -0.25) is 14.5 Å². The molecule has 1 unspecified atom stereocenters. The number of alkyl halides is 3. The molecule has 0 aliphatic carbocycles. The number of carboxylic acids is 1. The monoisotopic (exact) mass is 465 g/mol. The van der Waals surface area contributed by atoms with E-state index in [1.807, 2.05) is 47.2 Å². The minimum atomic E-state index is -5.08. The maximum absolute atomic E-state index is 12.8. The van der Waals surface area contributed by atoms with E-state index in [2.05, 4.69) is 15.1 Å². The first-order valence-electron chi connectivity index (χ1n) is 9.96. The van der Waals surface area contributed by atoms with Gasteiger partial charge in [-0.05, 0) is 31.7 Å². The van der Waals surface area contributed by atoms with Crippen molar-refractivity contribution in [3.63, 3.8) is 0 Å². The highest BCUT2D eigenvalue weighted by Gasteiger charge is 2.48. The zero-order valence-electron chi connectivity index (χ0n) is 17.7. The van der Waals surface area contributed by atoms with Crippen LogP contribution < -0.4 is 4.90 Å². The lowest BCUT2D eigenvalue weighted by Gasteiger charge is -2.46. The minimum absolute atomic E-state index is 0.0339. The molecule has 1 N–H and O–H groups in total. The summed E-state index contributed by atoms with van der Waals surface area (Å²) in [7, 11) is 1.97. The normalized spacial score (nSPS) is 21.0. The highest BCUT2D eigenvalue weighted by molar-refractivity contribution is 5.96. The Labute approximate surface area is 187 Å². The van der Waals surface area contributed by atoms with E-state index < -0.39 is 12.1 Å². The second-order valence-corrected chi connectivity index (χ2v) is 7.81. The summed E-state index contributed by atoms with van der Waals surface area (Å²) in [5, 5.41) is 14.7. The molecule has 1 aromatic carbocycles. The first-order valence-corrected chi connectivity index (χ1v) is 9.96. The molecule has 2 saturated heterocycles. The second-order valence-electron chi connectivity index (χ2n) is 7.81. The van der Waals surface area contributed by atoms with Gasteiger partial charge in [0, 0.05) is 25.3 Å². The molecule has 3 heterocycles. The van der Waals surface area contributed by atoms with Crippen molar-refractivity contribution in [2.24, 2.45) is 0 Å². The number of aromatic nitrogens is 2. The Bertz CT molecular complexity index is 1010. The van der Waals surface area contributed by atoms with E-state index in [9.17, 15) is 22.8 Å². The summed E-state index contributed by atoms with van der Waals surface area (Å²) in [6.45, 7) is 2.21. The van der Waals surface area contributed by atoms with Gasteiger partial charge in [0.1, 0.15) is 0 Å². The highest BCUT2D eigenvalue weighted by Crippen LogP contribution is 2.33. The maximum atomic E-state index is 12.8. The third kappa shape index (κ3) is 5.45. The van der Waals surface area contributed by atoms with Crippen LogP contribution in [0.15, 0.2) is 48.8 Å². The van der Waals surface area contributed by atoms with Gasteiger partial charge in [0.25, 0.3) is 5.91 Å². The lowest BCUT2D eigenvalue weighted by molar-refractivity contribution is -0.192. The molecular weight excluding hydrogens is 443 g/mol. The number of hydrogen-bond acceptors (Lipinski definition) is 6. The van der Waals surface area contributed by atoms with E-state index in [0.717, 1.165) is 12.1 Å². The number of aliphatic carboxylic acids is 1. The standard InChI is InChI=1S/C19H21N5O2.C2HF3O2/c1-22-12-17(25)24(16-5-3-2-4-6-16)14-19(22)8-10-23(13-19)18(26)15-7-9-20-21-11-15;3-2(4,5)1(6)7/h2-7,9,11H,8,10,12-14H2,1H3;(H,6,7). The quantitative estimate of drug-likeness (QED) is 0.719. The maximum Gasteiger partial charge on any atom is 0.490 e. The molecule has 2 fully saturated rings. The molecule has 0 saturated carbocycles. The van der Waals surface area contributed by atoms with Crippen molar-refractivity contribution in [2.45, 2.75) is 18.1 Å². The summed E-state index contributed by atoms with van der Waals surface area (Å²) in [5.74, 6) is -2.70. The van der Waals surface area contributed by atoms with Gasteiger partial charge >= 0.3 is 12.1 Å². The van der Waals surface area contributed by atoms with E-state index in [0.29, 0.717) is 31.7 Å². The van der Waals surface area contributed by atoms with Crippen molar-refractivity contribution in [3.05, 3.63) is 54.4 Å². The Hall–Kier alpha value is -3.54. The third-order valence-electron chi connectivity index (χ3n) is 5.70. The summed E-state index contributed by atoms with van der Waals surface area (Å²) in [6.07, 6.45) is -1.22. The van der Waals surface area contributed by atoms with Crippen LogP contribution in [0, 0.1) is 0 Å². The average Bonchev–Trinajstić information content (AvgIpc) is 3.22. The molecule has 0 bridgehead atoms. The Morgan fingerprint density at radius 2 is 1.76 bits per heavy atom. The number of amides is 2. The predicted molar refractivity (Wildman–Crippen MR) is 110 cm³/mol. The minimum Gasteiger partial charge on any atom is -0.475 e. The number of anilines is 1. The molecule has 12 heteroatoms. The Morgan fingerprint density at radius 1 is 1.09 bits per heavy atom. The summed E-state index contributed by atoms with van der Waals surface area (Å²) in [4.78, 5) is 40.0. The van der Waals surface area contributed by atoms with E-state index in [-0.39, 0.29) is 17.4 Å². The van der Waals surface area contributed by atoms with Gasteiger partial charge < -0.3 is 14.9 Å². The molecule has 1 spiro atoms. The first-order chi connectivity index (χ1) is 15.5. The molecule has 176 valence electrons. The van der Waals surface area contributed by atoms with Gasteiger partial charge in [0.05, 0.1) is 30.0 Å². The fourth-order valence-corrected chi connectivity index (χ4v) is 3.87. The van der Waals surface area contributed by atoms with Gasteiger partial charge in [0.2, 0.25) is 5.91 Å². The number of likely N-dealkylation sites (tertiary alicyclic amines) is 1. The number of carboxylic acid groups (broad SMARTS) is 1. The van der Waals surface area contributed by atoms with Crippen LogP contribution >= 0.6 is 0 Å². The third-order valence-corrected chi connectivity index (χ3v) is 5.70. The van der Waals surface area contributed by atoms with Crippen molar-refractivity contribution >= 4 is 23.5 Å². The van der Waals surface area contributed by atoms with E-state index >= 15 is 0 Å². The molecule has 2 aliphatic rings. The van der Waals surface area contributed by atoms with Crippen molar-refractivity contribution in [1.29, 1.82) is 0 Å². The predicted octanol–water partition coefficient (Wildman–Crippen LogP) is 1.67. The van der Waals surface area contributed by atoms with Gasteiger partial charge in [0.15, 0.2) is 0 Å². The Morgan fingerprint density at radius 3 is 2.33 bits per heavy atom. The fraction of sp³-hybridized carbons (Fsp3) is 0.381. The number of hydrogen-bond donors (Lipinski definition) is 1. The number of carbonyl (C=O) groups excluding carboxylic acids is 2. The molecule has 9 nitrogen and oxygen atoms in total. The lowest BCUT2D eigenvalue weighted by Crippen LogP contribution is -2.64. The summed E-state index contributed by atoms with van der Waals surface area (Å²) in [6, 6.07) is 11.4. The van der Waals surface area contributed by atoms with E-state index in [1.54, 1.807) is 6.07 Å². The Kier molecular flexibility index (Phi) is 6.96. The van der Waals surface area contributed by atoms with Crippen molar-refractivity contribution in [3.8, 4) is 0 Å². The summed E-state index contributed by atoms with van der Waals surface area (Å²) >= 11 is 0. The molecule has 2 amide bonds. The van der Waals surface area contributed by atoms with Crippen molar-refractivity contribution < 1.29 is 32.7 Å². The first kappa shape index (κ1) is 24.1. The number of benzene rings is 1. The number of rotatable bonds is 2. The highest BCUT2D eigenvalue weighted by atomic mass is 19.4.